The molecule has 0 spiro atoms. The number of hydrogen-bond donors (Lipinski definition) is 2. The Morgan fingerprint density at radius 1 is 0.980 bits per heavy atom. The molecule has 0 amide bonds. The van der Waals surface area contributed by atoms with Gasteiger partial charge in [0.25, 0.3) is 0 Å². The first-order valence-corrected chi connectivity index (χ1v) is 17.2. The van der Waals surface area contributed by atoms with Gasteiger partial charge in [0.1, 0.15) is 36.5 Å². The molecule has 256 valence electrons. The van der Waals surface area contributed by atoms with Crippen molar-refractivity contribution in [1.29, 1.82) is 5.26 Å². The van der Waals surface area contributed by atoms with Gasteiger partial charge in [-0.3, -0.25) is 9.78 Å². The zero-order valence-corrected chi connectivity index (χ0v) is 28.7. The maximum Gasteiger partial charge on any atom is 0.303 e. The van der Waals surface area contributed by atoms with Crippen LogP contribution in [0.5, 0.6) is 17.2 Å². The highest BCUT2D eigenvalue weighted by Gasteiger charge is 2.15. The first-order chi connectivity index (χ1) is 23.9. The van der Waals surface area contributed by atoms with E-state index < -0.39 is 5.97 Å². The van der Waals surface area contributed by atoms with Crippen molar-refractivity contribution in [3.05, 3.63) is 106 Å². The van der Waals surface area contributed by atoms with Crippen LogP contribution in [0.2, 0.25) is 5.02 Å². The van der Waals surface area contributed by atoms with Gasteiger partial charge in [-0.1, -0.05) is 41.9 Å². The van der Waals surface area contributed by atoms with E-state index in [1.165, 1.54) is 32.1 Å². The molecular formula is C39H43ClN4O5. The molecule has 4 aromatic rings. The Morgan fingerprint density at radius 2 is 1.80 bits per heavy atom. The molecule has 1 fully saturated rings. The van der Waals surface area contributed by atoms with Gasteiger partial charge >= 0.3 is 5.97 Å². The number of nitriles is 1. The van der Waals surface area contributed by atoms with Crippen LogP contribution >= 0.6 is 11.6 Å². The molecule has 1 aliphatic rings. The fourth-order valence-corrected chi connectivity index (χ4v) is 6.12. The van der Waals surface area contributed by atoms with E-state index in [0.29, 0.717) is 54.8 Å². The second kappa shape index (κ2) is 18.2. The van der Waals surface area contributed by atoms with Crippen molar-refractivity contribution < 1.29 is 24.1 Å². The van der Waals surface area contributed by atoms with Crippen molar-refractivity contribution in [3.63, 3.8) is 0 Å². The highest BCUT2D eigenvalue weighted by molar-refractivity contribution is 6.32. The summed E-state index contributed by atoms with van der Waals surface area (Å²) >= 11 is 6.73. The molecule has 0 bridgehead atoms. The van der Waals surface area contributed by atoms with Gasteiger partial charge < -0.3 is 29.5 Å². The highest BCUT2D eigenvalue weighted by atomic mass is 35.5. The number of aliphatic carboxylic acids is 1. The first kappa shape index (κ1) is 35.7. The third kappa shape index (κ3) is 10.7. The first-order valence-electron chi connectivity index (χ1n) is 16.8. The Balaban J connectivity index is 1.26. The molecule has 1 saturated heterocycles. The second-order valence-corrected chi connectivity index (χ2v) is 12.6. The number of rotatable bonds is 18. The van der Waals surface area contributed by atoms with Crippen LogP contribution in [-0.4, -0.2) is 53.7 Å². The lowest BCUT2D eigenvalue weighted by molar-refractivity contribution is -0.137. The van der Waals surface area contributed by atoms with Crippen LogP contribution < -0.4 is 19.5 Å². The Labute approximate surface area is 293 Å². The third-order valence-electron chi connectivity index (χ3n) is 8.55. The molecule has 3 aromatic carbocycles. The zero-order valence-electron chi connectivity index (χ0n) is 27.9. The monoisotopic (exact) mass is 682 g/mol. The van der Waals surface area contributed by atoms with E-state index >= 15 is 0 Å². The van der Waals surface area contributed by atoms with E-state index in [1.54, 1.807) is 24.4 Å². The summed E-state index contributed by atoms with van der Waals surface area (Å²) in [6, 6.07) is 21.8. The Bertz CT molecular complexity index is 1750. The summed E-state index contributed by atoms with van der Waals surface area (Å²) in [5, 5.41) is 21.9. The van der Waals surface area contributed by atoms with Crippen molar-refractivity contribution in [2.24, 2.45) is 0 Å². The number of pyridine rings is 1. The molecule has 10 heteroatoms. The maximum atomic E-state index is 10.9. The number of likely N-dealkylation sites (tertiary alicyclic amines) is 1. The number of benzene rings is 3. The van der Waals surface area contributed by atoms with Crippen LogP contribution in [0.25, 0.3) is 11.1 Å². The molecule has 2 N–H and O–H groups in total. The molecule has 2 heterocycles. The van der Waals surface area contributed by atoms with Gasteiger partial charge in [-0.2, -0.15) is 5.26 Å². The predicted molar refractivity (Wildman–Crippen MR) is 190 cm³/mol. The minimum Gasteiger partial charge on any atom is -0.494 e. The minimum absolute atomic E-state index is 0.0882. The van der Waals surface area contributed by atoms with Crippen molar-refractivity contribution >= 4 is 17.6 Å². The topological polar surface area (TPSA) is 117 Å². The lowest BCUT2D eigenvalue weighted by atomic mass is 9.96. The van der Waals surface area contributed by atoms with E-state index in [9.17, 15) is 10.1 Å². The Morgan fingerprint density at radius 3 is 2.61 bits per heavy atom. The standard InChI is InChI=1S/C39H43ClN4O5/c1-28-32(9-5-11-35(28)31-8-4-10-34(19-31)47-17-7-16-44-14-2-3-15-44)27-49-38-21-37(48-26-30-18-29(22-41)23-43-24-30)33(20-36(38)40)25-42-13-6-12-39(45)46/h4-5,8-11,18-21,23-24,42H,2-3,6-7,12-17,25-27H2,1H3,(H,45,46). The summed E-state index contributed by atoms with van der Waals surface area (Å²) in [4.78, 5) is 17.5. The molecule has 0 saturated carbocycles. The Hall–Kier alpha value is -4.62. The molecule has 0 aliphatic carbocycles. The van der Waals surface area contributed by atoms with Crippen molar-refractivity contribution in [1.82, 2.24) is 15.2 Å². The molecule has 1 aromatic heterocycles. The van der Waals surface area contributed by atoms with Crippen LogP contribution in [0.15, 0.2) is 73.1 Å². The van der Waals surface area contributed by atoms with E-state index in [2.05, 4.69) is 46.4 Å². The number of aromatic nitrogens is 1. The number of carboxylic acids is 1. The number of ether oxygens (including phenoxy) is 3. The normalized spacial score (nSPS) is 12.8. The van der Waals surface area contributed by atoms with Crippen molar-refractivity contribution in [2.45, 2.75) is 58.8 Å². The summed E-state index contributed by atoms with van der Waals surface area (Å²) in [7, 11) is 0. The SMILES string of the molecule is Cc1c(COc2cc(OCc3cncc(C#N)c3)c(CNCCCC(=O)O)cc2Cl)cccc1-c1cccc(OCCCN2CCCC2)c1. The average Bonchev–Trinajstić information content (AvgIpc) is 3.63. The molecular weight excluding hydrogens is 640 g/mol. The van der Waals surface area contributed by atoms with Crippen LogP contribution in [0.3, 0.4) is 0 Å². The van der Waals surface area contributed by atoms with Gasteiger partial charge in [0.15, 0.2) is 0 Å². The maximum absolute atomic E-state index is 10.9. The summed E-state index contributed by atoms with van der Waals surface area (Å²) in [5.74, 6) is 1.08. The second-order valence-electron chi connectivity index (χ2n) is 12.2. The van der Waals surface area contributed by atoms with Crippen LogP contribution in [-0.2, 0) is 24.6 Å². The minimum atomic E-state index is -0.828. The molecule has 0 radical (unpaired) electrons. The summed E-state index contributed by atoms with van der Waals surface area (Å²) in [6.07, 6.45) is 7.37. The summed E-state index contributed by atoms with van der Waals surface area (Å²) in [6.45, 7) is 7.72. The molecule has 0 atom stereocenters. The third-order valence-corrected chi connectivity index (χ3v) is 8.85. The van der Waals surface area contributed by atoms with Gasteiger partial charge in [0.05, 0.1) is 17.2 Å². The lowest BCUT2D eigenvalue weighted by Crippen LogP contribution is -2.21. The zero-order chi connectivity index (χ0) is 34.4. The molecule has 49 heavy (non-hydrogen) atoms. The largest absolute Gasteiger partial charge is 0.494 e. The highest BCUT2D eigenvalue weighted by Crippen LogP contribution is 2.35. The predicted octanol–water partition coefficient (Wildman–Crippen LogP) is 7.56. The number of halogens is 1. The number of carboxylic acid groups (broad SMARTS) is 1. The average molecular weight is 683 g/mol. The van der Waals surface area contributed by atoms with E-state index in [4.69, 9.17) is 30.9 Å². The number of carbonyl (C=O) groups is 1. The molecule has 9 nitrogen and oxygen atoms in total. The van der Waals surface area contributed by atoms with E-state index in [0.717, 1.165) is 52.1 Å². The smallest absolute Gasteiger partial charge is 0.303 e. The van der Waals surface area contributed by atoms with E-state index in [-0.39, 0.29) is 13.0 Å². The fraction of sp³-hybridized carbons (Fsp3) is 0.359. The summed E-state index contributed by atoms with van der Waals surface area (Å²) < 4.78 is 18.6. The quantitative estimate of drug-likeness (QED) is 0.103. The van der Waals surface area contributed by atoms with Gasteiger partial charge in [-0.05, 0) is 98.8 Å². The van der Waals surface area contributed by atoms with Crippen LogP contribution in [0.4, 0.5) is 0 Å². The van der Waals surface area contributed by atoms with Gasteiger partial charge in [-0.15, -0.1) is 0 Å². The van der Waals surface area contributed by atoms with Crippen LogP contribution in [0.1, 0.15) is 59.9 Å². The van der Waals surface area contributed by atoms with Crippen molar-refractivity contribution in [3.8, 4) is 34.4 Å². The molecule has 5 rings (SSSR count). The van der Waals surface area contributed by atoms with Gasteiger partial charge in [-0.25, -0.2) is 0 Å². The van der Waals surface area contributed by atoms with E-state index in [1.807, 2.05) is 24.3 Å². The molecule has 0 unspecified atom stereocenters. The van der Waals surface area contributed by atoms with Crippen LogP contribution in [0, 0.1) is 18.3 Å². The number of nitrogens with zero attached hydrogens (tertiary/aromatic N) is 3. The van der Waals surface area contributed by atoms with Gasteiger partial charge in [0.2, 0.25) is 0 Å². The number of nitrogens with one attached hydrogen (secondary N) is 1. The number of hydrogen-bond acceptors (Lipinski definition) is 8. The molecule has 1 aliphatic heterocycles. The van der Waals surface area contributed by atoms with Gasteiger partial charge in [0, 0.05) is 49.1 Å². The lowest BCUT2D eigenvalue weighted by Gasteiger charge is -2.17. The fourth-order valence-electron chi connectivity index (χ4n) is 5.88. The Kier molecular flexibility index (Phi) is 13.3. The summed E-state index contributed by atoms with van der Waals surface area (Å²) in [5.41, 5.74) is 6.32. The van der Waals surface area contributed by atoms with Crippen molar-refractivity contribution in [2.75, 3.05) is 32.8 Å².